The van der Waals surface area contributed by atoms with Crippen molar-refractivity contribution in [1.82, 2.24) is 4.98 Å². The van der Waals surface area contributed by atoms with E-state index in [0.29, 0.717) is 6.42 Å². The summed E-state index contributed by atoms with van der Waals surface area (Å²) in [7, 11) is 0. The molecule has 0 bridgehead atoms. The molecule has 15 heavy (non-hydrogen) atoms. The molecule has 1 atom stereocenters. The smallest absolute Gasteiger partial charge is 0.0456 e. The van der Waals surface area contributed by atoms with Gasteiger partial charge in [-0.3, -0.25) is 0 Å². The number of benzene rings is 1. The van der Waals surface area contributed by atoms with Crippen LogP contribution in [0, 0.1) is 12.3 Å². The fourth-order valence-electron chi connectivity index (χ4n) is 1.77. The number of nitrogens with one attached hydrogen (secondary N) is 2. The maximum Gasteiger partial charge on any atom is 0.0456 e. The molecule has 0 fully saturated rings. The summed E-state index contributed by atoms with van der Waals surface area (Å²) in [5, 5.41) is 8.32. The first-order valence-electron chi connectivity index (χ1n) is 5.03. The molecule has 3 heteroatoms. The van der Waals surface area contributed by atoms with Gasteiger partial charge >= 0.3 is 0 Å². The Bertz CT molecular complexity index is 485. The highest BCUT2D eigenvalue weighted by Crippen LogP contribution is 2.20. The van der Waals surface area contributed by atoms with Gasteiger partial charge in [-0.25, -0.2) is 0 Å². The highest BCUT2D eigenvalue weighted by molar-refractivity contribution is 5.84. The van der Waals surface area contributed by atoms with Crippen LogP contribution in [0.2, 0.25) is 0 Å². The zero-order valence-electron chi connectivity index (χ0n) is 8.75. The van der Waals surface area contributed by atoms with Gasteiger partial charge in [0, 0.05) is 29.4 Å². The second-order valence-corrected chi connectivity index (χ2v) is 3.90. The summed E-state index contributed by atoms with van der Waals surface area (Å²) < 4.78 is 0. The third-order valence-electron chi connectivity index (χ3n) is 2.59. The molecule has 0 saturated heterocycles. The van der Waals surface area contributed by atoms with Crippen LogP contribution in [0.25, 0.3) is 10.9 Å². The molecule has 1 aromatic carbocycles. The van der Waals surface area contributed by atoms with Crippen LogP contribution in [-0.2, 0) is 6.42 Å². The van der Waals surface area contributed by atoms with E-state index in [2.05, 4.69) is 30.1 Å². The quantitative estimate of drug-likeness (QED) is 0.653. The molecule has 3 nitrogen and oxygen atoms in total. The molecule has 0 aliphatic heterocycles. The molecular formula is C12H15N3. The number of H-pyrrole nitrogens is 1. The average molecular weight is 201 g/mol. The van der Waals surface area contributed by atoms with Crippen molar-refractivity contribution < 1.29 is 0 Å². The first-order chi connectivity index (χ1) is 7.20. The Morgan fingerprint density at radius 2 is 2.33 bits per heavy atom. The number of hydrogen-bond donors (Lipinski definition) is 3. The van der Waals surface area contributed by atoms with Crippen molar-refractivity contribution in [1.29, 1.82) is 5.41 Å². The zero-order chi connectivity index (χ0) is 10.8. The molecule has 2 aromatic rings. The maximum atomic E-state index is 7.10. The van der Waals surface area contributed by atoms with Crippen LogP contribution in [0.4, 0.5) is 0 Å². The summed E-state index contributed by atoms with van der Waals surface area (Å²) in [6, 6.07) is 6.12. The molecule has 1 unspecified atom stereocenters. The van der Waals surface area contributed by atoms with Crippen LogP contribution in [0.1, 0.15) is 11.1 Å². The van der Waals surface area contributed by atoms with Crippen molar-refractivity contribution in [3.8, 4) is 0 Å². The summed E-state index contributed by atoms with van der Waals surface area (Å²) in [5.41, 5.74) is 9.30. The number of fused-ring (bicyclic) bond motifs is 1. The Labute approximate surface area is 88.8 Å². The van der Waals surface area contributed by atoms with Crippen LogP contribution in [0.5, 0.6) is 0 Å². The first-order valence-corrected chi connectivity index (χ1v) is 5.03. The van der Waals surface area contributed by atoms with Crippen molar-refractivity contribution in [2.24, 2.45) is 5.73 Å². The van der Waals surface area contributed by atoms with Crippen LogP contribution >= 0.6 is 0 Å². The van der Waals surface area contributed by atoms with Crippen molar-refractivity contribution in [3.05, 3.63) is 35.5 Å². The highest BCUT2D eigenvalue weighted by atomic mass is 14.7. The van der Waals surface area contributed by atoms with Crippen molar-refractivity contribution in [3.63, 3.8) is 0 Å². The van der Waals surface area contributed by atoms with Gasteiger partial charge in [0.2, 0.25) is 0 Å². The minimum absolute atomic E-state index is 0.190. The number of rotatable bonds is 3. The third kappa shape index (κ3) is 1.92. The minimum atomic E-state index is -0.190. The third-order valence-corrected chi connectivity index (χ3v) is 2.59. The summed E-state index contributed by atoms with van der Waals surface area (Å²) in [5.74, 6) is 0. The van der Waals surface area contributed by atoms with Gasteiger partial charge in [-0.15, -0.1) is 0 Å². The summed E-state index contributed by atoms with van der Waals surface area (Å²) >= 11 is 0. The lowest BCUT2D eigenvalue weighted by atomic mass is 10.0. The molecule has 1 heterocycles. The van der Waals surface area contributed by atoms with E-state index in [4.69, 9.17) is 11.1 Å². The lowest BCUT2D eigenvalue weighted by Crippen LogP contribution is -2.23. The molecular weight excluding hydrogens is 186 g/mol. The first kappa shape index (κ1) is 9.93. The van der Waals surface area contributed by atoms with Crippen molar-refractivity contribution in [2.75, 3.05) is 0 Å². The molecule has 0 saturated carbocycles. The van der Waals surface area contributed by atoms with Gasteiger partial charge in [0.25, 0.3) is 0 Å². The van der Waals surface area contributed by atoms with Crippen molar-refractivity contribution >= 4 is 17.1 Å². The molecule has 0 spiro atoms. The highest BCUT2D eigenvalue weighted by Gasteiger charge is 2.06. The molecule has 1 aromatic heterocycles. The topological polar surface area (TPSA) is 65.7 Å². The largest absolute Gasteiger partial charge is 0.361 e. The Hall–Kier alpha value is -1.61. The molecule has 0 radical (unpaired) electrons. The van der Waals surface area contributed by atoms with E-state index in [0.717, 1.165) is 5.52 Å². The van der Waals surface area contributed by atoms with Gasteiger partial charge in [-0.2, -0.15) is 0 Å². The van der Waals surface area contributed by atoms with Gasteiger partial charge in [-0.1, -0.05) is 11.6 Å². The van der Waals surface area contributed by atoms with E-state index < -0.39 is 0 Å². The number of aromatic nitrogens is 1. The van der Waals surface area contributed by atoms with E-state index in [1.165, 1.54) is 22.7 Å². The second kappa shape index (κ2) is 3.87. The van der Waals surface area contributed by atoms with E-state index in [1.807, 2.05) is 6.20 Å². The zero-order valence-corrected chi connectivity index (χ0v) is 8.75. The van der Waals surface area contributed by atoms with Gasteiger partial charge < -0.3 is 16.1 Å². The van der Waals surface area contributed by atoms with Gasteiger partial charge in [-0.05, 0) is 31.0 Å². The number of aromatic amines is 1. The fraction of sp³-hybridized carbons (Fsp3) is 0.250. The molecule has 2 rings (SSSR count). The van der Waals surface area contributed by atoms with Crippen LogP contribution < -0.4 is 5.73 Å². The van der Waals surface area contributed by atoms with Crippen molar-refractivity contribution in [2.45, 2.75) is 19.4 Å². The summed E-state index contributed by atoms with van der Waals surface area (Å²) in [6.07, 6.45) is 3.98. The Morgan fingerprint density at radius 1 is 1.53 bits per heavy atom. The summed E-state index contributed by atoms with van der Waals surface area (Å²) in [4.78, 5) is 3.21. The lowest BCUT2D eigenvalue weighted by Gasteiger charge is -2.03. The fourth-order valence-corrected chi connectivity index (χ4v) is 1.77. The normalized spacial score (nSPS) is 12.9. The van der Waals surface area contributed by atoms with E-state index in [1.54, 1.807) is 0 Å². The Balaban J connectivity index is 2.43. The average Bonchev–Trinajstić information content (AvgIpc) is 2.61. The minimum Gasteiger partial charge on any atom is -0.361 e. The molecule has 78 valence electrons. The number of aryl methyl sites for hydroxylation is 1. The molecule has 0 amide bonds. The molecule has 0 aliphatic carbocycles. The van der Waals surface area contributed by atoms with E-state index >= 15 is 0 Å². The maximum absolute atomic E-state index is 7.10. The Morgan fingerprint density at radius 3 is 3.07 bits per heavy atom. The van der Waals surface area contributed by atoms with Crippen LogP contribution in [0.15, 0.2) is 24.4 Å². The lowest BCUT2D eigenvalue weighted by molar-refractivity contribution is 0.865. The van der Waals surface area contributed by atoms with Crippen LogP contribution in [-0.4, -0.2) is 17.2 Å². The standard InChI is InChI=1S/C12H15N3/c1-8-2-3-12-11(4-8)9(7-15-12)5-10(14)6-13/h2-4,6-7,10,13,15H,5,14H2,1H3. The van der Waals surface area contributed by atoms with Gasteiger partial charge in [0.1, 0.15) is 0 Å². The van der Waals surface area contributed by atoms with Gasteiger partial charge in [0.05, 0.1) is 0 Å². The SMILES string of the molecule is Cc1ccc2[nH]cc(CC(N)C=N)c2c1. The van der Waals surface area contributed by atoms with E-state index in [-0.39, 0.29) is 6.04 Å². The monoisotopic (exact) mass is 201 g/mol. The Kier molecular flexibility index (Phi) is 2.56. The predicted octanol–water partition coefficient (Wildman–Crippen LogP) is 2.00. The van der Waals surface area contributed by atoms with Gasteiger partial charge in [0.15, 0.2) is 0 Å². The molecule has 0 aliphatic rings. The number of hydrogen-bond acceptors (Lipinski definition) is 2. The molecule has 4 N–H and O–H groups in total. The van der Waals surface area contributed by atoms with E-state index in [9.17, 15) is 0 Å². The summed E-state index contributed by atoms with van der Waals surface area (Å²) in [6.45, 7) is 2.08. The number of nitrogens with two attached hydrogens (primary N) is 1. The second-order valence-electron chi connectivity index (χ2n) is 3.90. The van der Waals surface area contributed by atoms with Crippen LogP contribution in [0.3, 0.4) is 0 Å². The predicted molar refractivity (Wildman–Crippen MR) is 63.5 cm³/mol.